The molecule has 3 rings (SSSR count). The Hall–Kier alpha value is -1.36. The van der Waals surface area contributed by atoms with Crippen LogP contribution >= 0.6 is 0 Å². The van der Waals surface area contributed by atoms with E-state index >= 15 is 0 Å². The minimum atomic E-state index is -0.281. The second kappa shape index (κ2) is 5.44. The lowest BCUT2D eigenvalue weighted by atomic mass is 9.68. The number of hydrogen-bond donors (Lipinski definition) is 0. The lowest BCUT2D eigenvalue weighted by molar-refractivity contribution is -0.153. The summed E-state index contributed by atoms with van der Waals surface area (Å²) >= 11 is 0. The Morgan fingerprint density at radius 1 is 1.43 bits per heavy atom. The fourth-order valence-corrected chi connectivity index (χ4v) is 3.88. The van der Waals surface area contributed by atoms with Crippen molar-refractivity contribution in [2.45, 2.75) is 52.0 Å². The van der Waals surface area contributed by atoms with Crippen molar-refractivity contribution in [2.24, 2.45) is 5.41 Å². The molecule has 1 aromatic rings. The third-order valence-electron chi connectivity index (χ3n) is 5.12. The number of aromatic nitrogens is 1. The van der Waals surface area contributed by atoms with Gasteiger partial charge in [-0.05, 0) is 39.5 Å². The third kappa shape index (κ3) is 2.27. The van der Waals surface area contributed by atoms with Crippen molar-refractivity contribution in [3.63, 3.8) is 0 Å². The number of carbonyl (C=O) groups is 1. The predicted molar refractivity (Wildman–Crippen MR) is 77.8 cm³/mol. The third-order valence-corrected chi connectivity index (χ3v) is 5.12. The van der Waals surface area contributed by atoms with Gasteiger partial charge < -0.3 is 14.2 Å². The normalized spacial score (nSPS) is 24.1. The number of rotatable bonds is 4. The molecule has 0 N–H and O–H groups in total. The molecule has 0 spiro atoms. The van der Waals surface area contributed by atoms with Gasteiger partial charge in [0.25, 0.3) is 0 Å². The summed E-state index contributed by atoms with van der Waals surface area (Å²) in [6.45, 7) is 5.27. The van der Waals surface area contributed by atoms with Crippen molar-refractivity contribution in [3.05, 3.63) is 17.0 Å². The Morgan fingerprint density at radius 2 is 2.19 bits per heavy atom. The summed E-state index contributed by atoms with van der Waals surface area (Å²) < 4.78 is 10.6. The molecule has 2 heterocycles. The van der Waals surface area contributed by atoms with E-state index in [1.165, 1.54) is 0 Å². The summed E-state index contributed by atoms with van der Waals surface area (Å²) in [5.41, 5.74) is 1.73. The Kier molecular flexibility index (Phi) is 3.78. The molecule has 0 radical (unpaired) electrons. The van der Waals surface area contributed by atoms with E-state index in [2.05, 4.69) is 5.16 Å². The first-order valence-electron chi connectivity index (χ1n) is 7.82. The van der Waals surface area contributed by atoms with Crippen LogP contribution in [0.1, 0.15) is 55.2 Å². The van der Waals surface area contributed by atoms with Crippen molar-refractivity contribution in [1.29, 1.82) is 0 Å². The average Bonchev–Trinajstić information content (AvgIpc) is 3.00. The molecular formula is C16H24N2O3. The van der Waals surface area contributed by atoms with Crippen LogP contribution in [-0.2, 0) is 9.53 Å². The van der Waals surface area contributed by atoms with Crippen molar-refractivity contribution in [3.8, 4) is 0 Å². The standard InChI is InChI=1S/C16H24N2O3/c1-11-14(12(2)21-17-11)13-6-4-9-18(13)15(19)16(10-20-3)7-5-8-16/h13H,4-10H2,1-3H3/t13-/m1/s1. The van der Waals surface area contributed by atoms with Crippen LogP contribution in [0.15, 0.2) is 4.52 Å². The van der Waals surface area contributed by atoms with Gasteiger partial charge in [-0.2, -0.15) is 0 Å². The highest BCUT2D eigenvalue weighted by Gasteiger charge is 2.49. The highest BCUT2D eigenvalue weighted by molar-refractivity contribution is 5.84. The van der Waals surface area contributed by atoms with E-state index in [1.54, 1.807) is 7.11 Å². The van der Waals surface area contributed by atoms with Crippen molar-refractivity contribution in [2.75, 3.05) is 20.3 Å². The second-order valence-corrected chi connectivity index (χ2v) is 6.46. The molecule has 1 saturated heterocycles. The summed E-state index contributed by atoms with van der Waals surface area (Å²) in [6.07, 6.45) is 5.06. The van der Waals surface area contributed by atoms with E-state index in [1.807, 2.05) is 18.7 Å². The van der Waals surface area contributed by atoms with Gasteiger partial charge in [0.05, 0.1) is 23.8 Å². The van der Waals surface area contributed by atoms with Crippen LogP contribution in [0.4, 0.5) is 0 Å². The molecule has 2 aliphatic rings. The molecule has 0 bridgehead atoms. The Labute approximate surface area is 125 Å². The van der Waals surface area contributed by atoms with E-state index in [4.69, 9.17) is 9.26 Å². The maximum absolute atomic E-state index is 13.1. The highest BCUT2D eigenvalue weighted by Crippen LogP contribution is 2.46. The van der Waals surface area contributed by atoms with Crippen LogP contribution < -0.4 is 0 Å². The number of amides is 1. The van der Waals surface area contributed by atoms with Crippen molar-refractivity contribution >= 4 is 5.91 Å². The molecule has 1 atom stereocenters. The number of nitrogens with zero attached hydrogens (tertiary/aromatic N) is 2. The number of aryl methyl sites for hydroxylation is 2. The minimum absolute atomic E-state index is 0.123. The van der Waals surface area contributed by atoms with Crippen LogP contribution in [0.2, 0.25) is 0 Å². The second-order valence-electron chi connectivity index (χ2n) is 6.46. The maximum Gasteiger partial charge on any atom is 0.231 e. The van der Waals surface area contributed by atoms with E-state index in [0.29, 0.717) is 6.61 Å². The summed E-state index contributed by atoms with van der Waals surface area (Å²) in [5, 5.41) is 4.05. The predicted octanol–water partition coefficient (Wildman–Crippen LogP) is 2.77. The Morgan fingerprint density at radius 3 is 2.71 bits per heavy atom. The largest absolute Gasteiger partial charge is 0.384 e. The van der Waals surface area contributed by atoms with Crippen LogP contribution in [0.3, 0.4) is 0 Å². The number of hydrogen-bond acceptors (Lipinski definition) is 4. The summed E-state index contributed by atoms with van der Waals surface area (Å²) in [6, 6.07) is 0.123. The fraction of sp³-hybridized carbons (Fsp3) is 0.750. The average molecular weight is 292 g/mol. The molecule has 2 fully saturated rings. The van der Waals surface area contributed by atoms with Crippen molar-refractivity contribution in [1.82, 2.24) is 10.1 Å². The summed E-state index contributed by atoms with van der Waals surface area (Å²) in [7, 11) is 1.68. The van der Waals surface area contributed by atoms with Crippen LogP contribution in [0, 0.1) is 19.3 Å². The van der Waals surface area contributed by atoms with Gasteiger partial charge in [0.2, 0.25) is 5.91 Å². The van der Waals surface area contributed by atoms with Crippen molar-refractivity contribution < 1.29 is 14.1 Å². The molecule has 116 valence electrons. The minimum Gasteiger partial charge on any atom is -0.384 e. The summed E-state index contributed by atoms with van der Waals surface area (Å²) in [5.74, 6) is 1.10. The lowest BCUT2D eigenvalue weighted by Crippen LogP contribution is -2.50. The molecule has 1 aromatic heterocycles. The van der Waals surface area contributed by atoms with Gasteiger partial charge in [0.15, 0.2) is 0 Å². The number of carbonyl (C=O) groups excluding carboxylic acids is 1. The molecular weight excluding hydrogens is 268 g/mol. The zero-order chi connectivity index (χ0) is 15.0. The van der Waals surface area contributed by atoms with E-state index in [0.717, 1.165) is 55.7 Å². The Balaban J connectivity index is 1.86. The van der Waals surface area contributed by atoms with Crippen LogP contribution in [-0.4, -0.2) is 36.2 Å². The molecule has 5 heteroatoms. The molecule has 1 amide bonds. The smallest absolute Gasteiger partial charge is 0.231 e. The lowest BCUT2D eigenvalue weighted by Gasteiger charge is -2.43. The number of ether oxygens (including phenoxy) is 1. The van der Waals surface area contributed by atoms with E-state index in [9.17, 15) is 4.79 Å². The molecule has 5 nitrogen and oxygen atoms in total. The van der Waals surface area contributed by atoms with Gasteiger partial charge in [-0.15, -0.1) is 0 Å². The molecule has 1 aliphatic heterocycles. The topological polar surface area (TPSA) is 55.6 Å². The highest BCUT2D eigenvalue weighted by atomic mass is 16.5. The first kappa shape index (κ1) is 14.6. The van der Waals surface area contributed by atoms with Gasteiger partial charge in [-0.1, -0.05) is 11.6 Å². The van der Waals surface area contributed by atoms with E-state index in [-0.39, 0.29) is 17.4 Å². The van der Waals surface area contributed by atoms with Crippen LogP contribution in [0.25, 0.3) is 0 Å². The van der Waals surface area contributed by atoms with Gasteiger partial charge in [-0.25, -0.2) is 0 Å². The molecule has 1 saturated carbocycles. The number of methoxy groups -OCH3 is 1. The number of likely N-dealkylation sites (tertiary alicyclic amines) is 1. The fourth-order valence-electron chi connectivity index (χ4n) is 3.88. The zero-order valence-electron chi connectivity index (χ0n) is 13.1. The summed E-state index contributed by atoms with van der Waals surface area (Å²) in [4.78, 5) is 15.1. The van der Waals surface area contributed by atoms with E-state index < -0.39 is 0 Å². The quantitative estimate of drug-likeness (QED) is 0.856. The monoisotopic (exact) mass is 292 g/mol. The van der Waals surface area contributed by atoms with Crippen LogP contribution in [0.5, 0.6) is 0 Å². The Bertz CT molecular complexity index is 514. The molecule has 0 aromatic carbocycles. The maximum atomic E-state index is 13.1. The van der Waals surface area contributed by atoms with Gasteiger partial charge in [-0.3, -0.25) is 4.79 Å². The first-order chi connectivity index (χ1) is 10.1. The first-order valence-corrected chi connectivity index (χ1v) is 7.82. The molecule has 0 unspecified atom stereocenters. The van der Waals surface area contributed by atoms with Gasteiger partial charge >= 0.3 is 0 Å². The molecule has 21 heavy (non-hydrogen) atoms. The molecule has 1 aliphatic carbocycles. The SMILES string of the molecule is COCC1(C(=O)N2CCC[C@@H]2c2c(C)noc2C)CCC1. The van der Waals surface area contributed by atoms with Gasteiger partial charge in [0.1, 0.15) is 5.76 Å². The van der Waals surface area contributed by atoms with Gasteiger partial charge in [0, 0.05) is 19.2 Å². The zero-order valence-corrected chi connectivity index (χ0v) is 13.1.